The van der Waals surface area contributed by atoms with E-state index in [1.807, 2.05) is 0 Å². The third kappa shape index (κ3) is 4.38. The quantitative estimate of drug-likeness (QED) is 0.716. The molecule has 0 bridgehead atoms. The molecule has 0 aromatic heterocycles. The smallest absolute Gasteiger partial charge is 0.159 e. The SMILES string of the molecule is CCCCNCCc1ccc(F)c(F)c1. The van der Waals surface area contributed by atoms with Gasteiger partial charge in [-0.05, 0) is 43.6 Å². The number of benzene rings is 1. The summed E-state index contributed by atoms with van der Waals surface area (Å²) < 4.78 is 25.4. The van der Waals surface area contributed by atoms with Gasteiger partial charge in [-0.25, -0.2) is 8.78 Å². The van der Waals surface area contributed by atoms with Crippen molar-refractivity contribution in [3.05, 3.63) is 35.4 Å². The fourth-order valence-electron chi connectivity index (χ4n) is 1.35. The van der Waals surface area contributed by atoms with Crippen molar-refractivity contribution in [2.45, 2.75) is 26.2 Å². The van der Waals surface area contributed by atoms with Gasteiger partial charge in [0.2, 0.25) is 0 Å². The van der Waals surface area contributed by atoms with Gasteiger partial charge in [0.15, 0.2) is 11.6 Å². The number of unbranched alkanes of at least 4 members (excludes halogenated alkanes) is 1. The molecule has 0 amide bonds. The zero-order valence-electron chi connectivity index (χ0n) is 9.02. The summed E-state index contributed by atoms with van der Waals surface area (Å²) in [6, 6.07) is 4.06. The molecule has 15 heavy (non-hydrogen) atoms. The number of hydrogen-bond acceptors (Lipinski definition) is 1. The molecule has 1 rings (SSSR count). The largest absolute Gasteiger partial charge is 0.316 e. The van der Waals surface area contributed by atoms with Crippen molar-refractivity contribution in [1.82, 2.24) is 5.32 Å². The van der Waals surface area contributed by atoms with Crippen LogP contribution in [0.1, 0.15) is 25.3 Å². The van der Waals surface area contributed by atoms with E-state index >= 15 is 0 Å². The Kier molecular flexibility index (Phi) is 5.26. The maximum absolute atomic E-state index is 12.8. The lowest BCUT2D eigenvalue weighted by molar-refractivity contribution is 0.506. The minimum Gasteiger partial charge on any atom is -0.316 e. The molecule has 0 aliphatic rings. The molecule has 84 valence electrons. The van der Waals surface area contributed by atoms with Gasteiger partial charge in [0.25, 0.3) is 0 Å². The van der Waals surface area contributed by atoms with Gasteiger partial charge >= 0.3 is 0 Å². The number of halogens is 2. The lowest BCUT2D eigenvalue weighted by atomic mass is 10.1. The Morgan fingerprint density at radius 1 is 1.13 bits per heavy atom. The molecule has 0 unspecified atom stereocenters. The molecule has 1 aromatic carbocycles. The molecule has 1 nitrogen and oxygen atoms in total. The lowest BCUT2D eigenvalue weighted by Crippen LogP contribution is -2.18. The van der Waals surface area contributed by atoms with E-state index in [0.29, 0.717) is 0 Å². The first-order valence-corrected chi connectivity index (χ1v) is 5.38. The fourth-order valence-corrected chi connectivity index (χ4v) is 1.35. The summed E-state index contributed by atoms with van der Waals surface area (Å²) in [5.41, 5.74) is 0.831. The maximum atomic E-state index is 12.8. The zero-order valence-corrected chi connectivity index (χ0v) is 9.02. The molecule has 0 saturated heterocycles. The molecule has 0 radical (unpaired) electrons. The van der Waals surface area contributed by atoms with E-state index < -0.39 is 11.6 Å². The molecular formula is C12H17F2N. The molecule has 0 aliphatic carbocycles. The Hall–Kier alpha value is -0.960. The van der Waals surface area contributed by atoms with Crippen LogP contribution in [-0.2, 0) is 6.42 Å². The van der Waals surface area contributed by atoms with Gasteiger partial charge in [-0.15, -0.1) is 0 Å². The second-order valence-electron chi connectivity index (χ2n) is 3.60. The summed E-state index contributed by atoms with van der Waals surface area (Å²) in [5, 5.41) is 3.25. The highest BCUT2D eigenvalue weighted by Crippen LogP contribution is 2.08. The third-order valence-electron chi connectivity index (χ3n) is 2.28. The lowest BCUT2D eigenvalue weighted by Gasteiger charge is -2.04. The van der Waals surface area contributed by atoms with E-state index in [0.717, 1.165) is 37.9 Å². The highest BCUT2D eigenvalue weighted by Gasteiger charge is 2.01. The van der Waals surface area contributed by atoms with Crippen molar-refractivity contribution in [1.29, 1.82) is 0 Å². The Labute approximate surface area is 89.5 Å². The maximum Gasteiger partial charge on any atom is 0.159 e. The fraction of sp³-hybridized carbons (Fsp3) is 0.500. The van der Waals surface area contributed by atoms with Gasteiger partial charge in [0.05, 0.1) is 0 Å². The first-order chi connectivity index (χ1) is 7.24. The molecule has 0 heterocycles. The summed E-state index contributed by atoms with van der Waals surface area (Å²) in [6.45, 7) is 3.93. The van der Waals surface area contributed by atoms with E-state index in [9.17, 15) is 8.78 Å². The molecule has 0 fully saturated rings. The van der Waals surface area contributed by atoms with Crippen molar-refractivity contribution in [2.24, 2.45) is 0 Å². The molecule has 0 saturated carbocycles. The summed E-state index contributed by atoms with van der Waals surface area (Å²) in [6.07, 6.45) is 3.05. The second kappa shape index (κ2) is 6.51. The van der Waals surface area contributed by atoms with Crippen LogP contribution in [0.15, 0.2) is 18.2 Å². The van der Waals surface area contributed by atoms with Gasteiger partial charge in [-0.3, -0.25) is 0 Å². The average molecular weight is 213 g/mol. The second-order valence-corrected chi connectivity index (χ2v) is 3.60. The van der Waals surface area contributed by atoms with Crippen molar-refractivity contribution in [3.63, 3.8) is 0 Å². The van der Waals surface area contributed by atoms with Crippen molar-refractivity contribution in [3.8, 4) is 0 Å². The predicted octanol–water partition coefficient (Wildman–Crippen LogP) is 2.90. The number of nitrogens with one attached hydrogen (secondary N) is 1. The monoisotopic (exact) mass is 213 g/mol. The van der Waals surface area contributed by atoms with Gasteiger partial charge < -0.3 is 5.32 Å². The van der Waals surface area contributed by atoms with Gasteiger partial charge in [-0.1, -0.05) is 19.4 Å². The van der Waals surface area contributed by atoms with Crippen molar-refractivity contribution in [2.75, 3.05) is 13.1 Å². The first-order valence-electron chi connectivity index (χ1n) is 5.38. The minimum atomic E-state index is -0.780. The van der Waals surface area contributed by atoms with E-state index in [1.54, 1.807) is 6.07 Å². The summed E-state index contributed by atoms with van der Waals surface area (Å²) in [5.74, 6) is -1.54. The van der Waals surface area contributed by atoms with Crippen LogP contribution in [0, 0.1) is 11.6 Å². The van der Waals surface area contributed by atoms with Crippen LogP contribution in [-0.4, -0.2) is 13.1 Å². The molecule has 1 aromatic rings. The van der Waals surface area contributed by atoms with Crippen LogP contribution in [0.5, 0.6) is 0 Å². The third-order valence-corrected chi connectivity index (χ3v) is 2.28. The van der Waals surface area contributed by atoms with Gasteiger partial charge in [-0.2, -0.15) is 0 Å². The Morgan fingerprint density at radius 2 is 1.93 bits per heavy atom. The van der Waals surface area contributed by atoms with Crippen LogP contribution in [0.25, 0.3) is 0 Å². The average Bonchev–Trinajstić information content (AvgIpc) is 2.23. The van der Waals surface area contributed by atoms with Crippen LogP contribution < -0.4 is 5.32 Å². The summed E-state index contributed by atoms with van der Waals surface area (Å²) in [7, 11) is 0. The van der Waals surface area contributed by atoms with Crippen molar-refractivity contribution < 1.29 is 8.78 Å². The molecule has 0 aliphatic heterocycles. The Bertz CT molecular complexity index is 300. The van der Waals surface area contributed by atoms with Gasteiger partial charge in [0, 0.05) is 0 Å². The van der Waals surface area contributed by atoms with Crippen molar-refractivity contribution >= 4 is 0 Å². The molecular weight excluding hydrogens is 196 g/mol. The van der Waals surface area contributed by atoms with E-state index in [4.69, 9.17) is 0 Å². The highest BCUT2D eigenvalue weighted by atomic mass is 19.2. The Balaban J connectivity index is 2.28. The molecule has 1 N–H and O–H groups in total. The Morgan fingerprint density at radius 3 is 2.60 bits per heavy atom. The standard InChI is InChI=1S/C12H17F2N/c1-2-3-7-15-8-6-10-4-5-11(13)12(14)9-10/h4-5,9,15H,2-3,6-8H2,1H3. The molecule has 3 heteroatoms. The number of rotatable bonds is 6. The van der Waals surface area contributed by atoms with E-state index in [-0.39, 0.29) is 0 Å². The van der Waals surface area contributed by atoms with Crippen LogP contribution in [0.4, 0.5) is 8.78 Å². The predicted molar refractivity (Wildman–Crippen MR) is 57.8 cm³/mol. The molecule has 0 atom stereocenters. The van der Waals surface area contributed by atoms with E-state index in [1.165, 1.54) is 12.1 Å². The summed E-state index contributed by atoms with van der Waals surface area (Å²) >= 11 is 0. The van der Waals surface area contributed by atoms with Crippen LogP contribution in [0.3, 0.4) is 0 Å². The van der Waals surface area contributed by atoms with E-state index in [2.05, 4.69) is 12.2 Å². The normalized spacial score (nSPS) is 10.6. The summed E-state index contributed by atoms with van der Waals surface area (Å²) in [4.78, 5) is 0. The molecule has 0 spiro atoms. The highest BCUT2D eigenvalue weighted by molar-refractivity contribution is 5.17. The minimum absolute atomic E-state index is 0.737. The number of hydrogen-bond donors (Lipinski definition) is 1. The first kappa shape index (κ1) is 12.1. The topological polar surface area (TPSA) is 12.0 Å². The zero-order chi connectivity index (χ0) is 11.1. The van der Waals surface area contributed by atoms with Crippen LogP contribution in [0.2, 0.25) is 0 Å². The van der Waals surface area contributed by atoms with Crippen LogP contribution >= 0.6 is 0 Å². The van der Waals surface area contributed by atoms with Gasteiger partial charge in [0.1, 0.15) is 0 Å².